The van der Waals surface area contributed by atoms with Crippen LogP contribution in [-0.2, 0) is 6.18 Å². The monoisotopic (exact) mass is 881 g/mol. The van der Waals surface area contributed by atoms with E-state index in [4.69, 9.17) is 0 Å². The number of hydrogen-bond donors (Lipinski definition) is 0. The van der Waals surface area contributed by atoms with Gasteiger partial charge in [0, 0.05) is 27.1 Å². The van der Waals surface area contributed by atoms with Crippen molar-refractivity contribution >= 4 is 43.6 Å². The molecule has 10 aromatic carbocycles. The Bertz CT molecular complexity index is 3840. The maximum absolute atomic E-state index is 15.4. The number of fused-ring (bicyclic) bond motifs is 6. The molecule has 0 saturated heterocycles. The SMILES string of the molecule is N#Cc1cc(-n2c3ccc(-c4ccccc4)cc3c3cc(-c4ccccc4)ccc32)c(-c2ccccc2C(F)(F)F)cc1-n1c2ccc(-c3ccccc3)cc2c2ccc(-c3ccccc3)cc21. The quantitative estimate of drug-likeness (QED) is 0.157. The normalized spacial score (nSPS) is 11.7. The summed E-state index contributed by atoms with van der Waals surface area (Å²) in [4.78, 5) is 0. The fourth-order valence-corrected chi connectivity index (χ4v) is 10.0. The zero-order chi connectivity index (χ0) is 45.9. The topological polar surface area (TPSA) is 33.6 Å². The Morgan fingerprint density at radius 2 is 0.721 bits per heavy atom. The maximum Gasteiger partial charge on any atom is 0.417 e. The summed E-state index contributed by atoms with van der Waals surface area (Å²) in [6.45, 7) is 0. The first-order chi connectivity index (χ1) is 33.3. The van der Waals surface area contributed by atoms with E-state index in [0.29, 0.717) is 22.5 Å². The van der Waals surface area contributed by atoms with E-state index in [1.165, 1.54) is 12.1 Å². The number of hydrogen-bond acceptors (Lipinski definition) is 1. The van der Waals surface area contributed by atoms with Crippen molar-refractivity contribution in [2.45, 2.75) is 6.18 Å². The molecule has 6 heteroatoms. The minimum Gasteiger partial charge on any atom is -0.309 e. The molecular formula is C62H38F3N3. The summed E-state index contributed by atoms with van der Waals surface area (Å²) >= 11 is 0. The zero-order valence-corrected chi connectivity index (χ0v) is 36.4. The van der Waals surface area contributed by atoms with Crippen LogP contribution in [0, 0.1) is 11.3 Å². The second kappa shape index (κ2) is 16.2. The highest BCUT2D eigenvalue weighted by Gasteiger charge is 2.35. The zero-order valence-electron chi connectivity index (χ0n) is 36.4. The van der Waals surface area contributed by atoms with Gasteiger partial charge in [-0.1, -0.05) is 170 Å². The van der Waals surface area contributed by atoms with E-state index in [1.807, 2.05) is 89.5 Å². The molecule has 0 unspecified atom stereocenters. The molecule has 0 N–H and O–H groups in total. The summed E-state index contributed by atoms with van der Waals surface area (Å²) in [6.07, 6.45) is -4.68. The van der Waals surface area contributed by atoms with E-state index in [-0.39, 0.29) is 5.56 Å². The third kappa shape index (κ3) is 6.83. The second-order valence-electron chi connectivity index (χ2n) is 17.1. The van der Waals surface area contributed by atoms with E-state index in [1.54, 1.807) is 18.2 Å². The van der Waals surface area contributed by atoms with Crippen LogP contribution in [0.5, 0.6) is 0 Å². The van der Waals surface area contributed by atoms with Gasteiger partial charge in [0.15, 0.2) is 0 Å². The predicted octanol–water partition coefficient (Wildman–Crippen LogP) is 17.1. The van der Waals surface area contributed by atoms with E-state index >= 15 is 13.2 Å². The van der Waals surface area contributed by atoms with Crippen molar-refractivity contribution in [1.29, 1.82) is 5.26 Å². The maximum atomic E-state index is 15.4. The van der Waals surface area contributed by atoms with Crippen molar-refractivity contribution in [3.63, 3.8) is 0 Å². The first-order valence-electron chi connectivity index (χ1n) is 22.5. The molecule has 0 aliphatic heterocycles. The molecule has 0 bridgehead atoms. The van der Waals surface area contributed by atoms with Crippen molar-refractivity contribution in [2.24, 2.45) is 0 Å². The van der Waals surface area contributed by atoms with Gasteiger partial charge in [-0.3, -0.25) is 0 Å². The summed E-state index contributed by atoms with van der Waals surface area (Å²) in [5.41, 5.74) is 12.2. The Kier molecular flexibility index (Phi) is 9.67. The number of rotatable bonds is 7. The third-order valence-electron chi connectivity index (χ3n) is 13.2. The Labute approximate surface area is 390 Å². The Balaban J connectivity index is 1.19. The van der Waals surface area contributed by atoms with Crippen LogP contribution in [0.1, 0.15) is 11.1 Å². The van der Waals surface area contributed by atoms with E-state index < -0.39 is 11.7 Å². The van der Waals surface area contributed by atoms with Crippen molar-refractivity contribution in [2.75, 3.05) is 0 Å². The van der Waals surface area contributed by atoms with Crippen LogP contribution in [0.2, 0.25) is 0 Å². The standard InChI is InChI=1S/C62H38F3N3/c63-62(64,65)55-24-14-13-23-49(55)54-38-59(68-56-30-26-44(40-15-5-1-6-16-40)33-51(56)50-29-25-47(36-60(50)68)43-21-11-4-12-22-43)48(39-66)37-61(54)67-57-31-27-45(41-17-7-2-8-18-41)34-52(57)53-35-46(28-32-58(53)67)42-19-9-3-10-20-42/h1-38H. The average molecular weight is 882 g/mol. The molecule has 3 nitrogen and oxygen atoms in total. The van der Waals surface area contributed by atoms with Gasteiger partial charge in [0.2, 0.25) is 0 Å². The number of alkyl halides is 3. The van der Waals surface area contributed by atoms with Gasteiger partial charge in [-0.25, -0.2) is 0 Å². The van der Waals surface area contributed by atoms with Gasteiger partial charge < -0.3 is 9.13 Å². The summed E-state index contributed by atoms with van der Waals surface area (Å²) in [6, 6.07) is 77.5. The van der Waals surface area contributed by atoms with E-state index in [0.717, 1.165) is 94.2 Å². The lowest BCUT2D eigenvalue weighted by molar-refractivity contribution is -0.137. The van der Waals surface area contributed by atoms with Gasteiger partial charge in [0.1, 0.15) is 6.07 Å². The molecule has 0 saturated carbocycles. The highest BCUT2D eigenvalue weighted by molar-refractivity contribution is 6.14. The van der Waals surface area contributed by atoms with Crippen LogP contribution in [0.3, 0.4) is 0 Å². The molecule has 0 spiro atoms. The predicted molar refractivity (Wildman–Crippen MR) is 272 cm³/mol. The second-order valence-corrected chi connectivity index (χ2v) is 17.1. The van der Waals surface area contributed by atoms with E-state index in [9.17, 15) is 5.26 Å². The largest absolute Gasteiger partial charge is 0.417 e. The van der Waals surface area contributed by atoms with Crippen LogP contribution in [0.25, 0.3) is 111 Å². The molecule has 2 heterocycles. The van der Waals surface area contributed by atoms with E-state index in [2.05, 4.69) is 120 Å². The first kappa shape index (κ1) is 40.6. The summed E-state index contributed by atoms with van der Waals surface area (Å²) < 4.78 is 50.2. The molecule has 0 aliphatic carbocycles. The molecule has 12 aromatic rings. The van der Waals surface area contributed by atoms with Crippen LogP contribution in [0.4, 0.5) is 13.2 Å². The molecule has 0 radical (unpaired) electrons. The average Bonchev–Trinajstić information content (AvgIpc) is 3.90. The lowest BCUT2D eigenvalue weighted by Gasteiger charge is -2.21. The van der Waals surface area contributed by atoms with Gasteiger partial charge in [-0.05, 0) is 111 Å². The van der Waals surface area contributed by atoms with Crippen LogP contribution in [-0.4, -0.2) is 9.13 Å². The Hall–Kier alpha value is -8.92. The fourth-order valence-electron chi connectivity index (χ4n) is 10.0. The number of aromatic nitrogens is 2. The lowest BCUT2D eigenvalue weighted by atomic mass is 9.95. The Morgan fingerprint density at radius 3 is 1.18 bits per heavy atom. The minimum absolute atomic E-state index is 0.00894. The van der Waals surface area contributed by atoms with Crippen LogP contribution >= 0.6 is 0 Å². The Morgan fingerprint density at radius 1 is 0.324 bits per heavy atom. The molecule has 0 fully saturated rings. The van der Waals surface area contributed by atoms with Gasteiger partial charge in [0.25, 0.3) is 0 Å². The summed E-state index contributed by atoms with van der Waals surface area (Å²) in [5, 5.41) is 15.1. The number of nitrogens with zero attached hydrogens (tertiary/aromatic N) is 3. The number of nitriles is 1. The number of benzene rings is 10. The van der Waals surface area contributed by atoms with Crippen LogP contribution < -0.4 is 0 Å². The molecule has 322 valence electrons. The molecular weight excluding hydrogens is 844 g/mol. The molecule has 0 atom stereocenters. The first-order valence-corrected chi connectivity index (χ1v) is 22.5. The van der Waals surface area contributed by atoms with Gasteiger partial charge in [-0.2, -0.15) is 18.4 Å². The third-order valence-corrected chi connectivity index (χ3v) is 13.2. The lowest BCUT2D eigenvalue weighted by Crippen LogP contribution is -2.09. The van der Waals surface area contributed by atoms with Crippen molar-refractivity contribution in [3.8, 4) is 73.1 Å². The van der Waals surface area contributed by atoms with Gasteiger partial charge in [-0.15, -0.1) is 0 Å². The molecule has 12 rings (SSSR count). The summed E-state index contributed by atoms with van der Waals surface area (Å²) in [5.74, 6) is 0. The van der Waals surface area contributed by atoms with Gasteiger partial charge in [0.05, 0.1) is 44.6 Å². The fraction of sp³-hybridized carbons (Fsp3) is 0.0161. The highest BCUT2D eigenvalue weighted by Crippen LogP contribution is 2.46. The van der Waals surface area contributed by atoms with Crippen molar-refractivity contribution in [1.82, 2.24) is 9.13 Å². The molecule has 68 heavy (non-hydrogen) atoms. The van der Waals surface area contributed by atoms with Crippen LogP contribution in [0.15, 0.2) is 231 Å². The smallest absolute Gasteiger partial charge is 0.309 e. The molecule has 0 amide bonds. The van der Waals surface area contributed by atoms with Crippen molar-refractivity contribution < 1.29 is 13.2 Å². The minimum atomic E-state index is -4.68. The summed E-state index contributed by atoms with van der Waals surface area (Å²) in [7, 11) is 0. The number of halogens is 3. The molecule has 2 aromatic heterocycles. The van der Waals surface area contributed by atoms with Gasteiger partial charge >= 0.3 is 6.18 Å². The molecule has 0 aliphatic rings. The van der Waals surface area contributed by atoms with Crippen molar-refractivity contribution in [3.05, 3.63) is 242 Å². The highest BCUT2D eigenvalue weighted by atomic mass is 19.4.